The minimum absolute atomic E-state index is 0.503. The zero-order chi connectivity index (χ0) is 14.3. The van der Waals surface area contributed by atoms with Crippen molar-refractivity contribution in [2.24, 2.45) is 11.8 Å². The monoisotopic (exact) mass is 263 g/mol. The minimum atomic E-state index is 0.503. The van der Waals surface area contributed by atoms with Crippen LogP contribution in [0, 0.1) is 11.8 Å². The molecule has 1 unspecified atom stereocenters. The van der Waals surface area contributed by atoms with E-state index in [1.807, 2.05) is 12.1 Å². The van der Waals surface area contributed by atoms with Gasteiger partial charge in [-0.2, -0.15) is 0 Å². The Hall–Kier alpha value is -1.18. The lowest BCUT2D eigenvalue weighted by molar-refractivity contribution is 0.271. The second-order valence-electron chi connectivity index (χ2n) is 6.25. The molecule has 2 nitrogen and oxygen atoms in total. The summed E-state index contributed by atoms with van der Waals surface area (Å²) in [6.45, 7) is 11.9. The molecule has 0 aliphatic heterocycles. The molecule has 1 rings (SSSR count). The summed E-state index contributed by atoms with van der Waals surface area (Å²) in [5, 5.41) is 3.55. The van der Waals surface area contributed by atoms with Crippen molar-refractivity contribution in [3.63, 3.8) is 0 Å². The van der Waals surface area contributed by atoms with Gasteiger partial charge in [0, 0.05) is 17.8 Å². The van der Waals surface area contributed by atoms with E-state index in [-0.39, 0.29) is 0 Å². The first-order valence-electron chi connectivity index (χ1n) is 7.46. The Kier molecular flexibility index (Phi) is 6.75. The highest BCUT2D eigenvalue weighted by Gasteiger charge is 2.05. The molecule has 108 valence electrons. The first kappa shape index (κ1) is 15.9. The number of hydrogen-bond acceptors (Lipinski definition) is 2. The number of rotatable bonds is 8. The summed E-state index contributed by atoms with van der Waals surface area (Å²) in [6.07, 6.45) is 2.46. The normalized spacial score (nSPS) is 12.8. The van der Waals surface area contributed by atoms with Crippen LogP contribution in [0.15, 0.2) is 24.3 Å². The van der Waals surface area contributed by atoms with Crippen molar-refractivity contribution >= 4 is 5.69 Å². The van der Waals surface area contributed by atoms with Crippen molar-refractivity contribution in [3.8, 4) is 5.75 Å². The molecule has 0 amide bonds. The Balaban J connectivity index is 2.47. The lowest BCUT2D eigenvalue weighted by Gasteiger charge is -2.17. The number of nitrogens with one attached hydrogen (secondary N) is 1. The summed E-state index contributed by atoms with van der Waals surface area (Å²) >= 11 is 0. The maximum atomic E-state index is 5.75. The van der Waals surface area contributed by atoms with Crippen LogP contribution in [0.3, 0.4) is 0 Å². The molecule has 0 aliphatic rings. The van der Waals surface area contributed by atoms with E-state index in [9.17, 15) is 0 Å². The van der Waals surface area contributed by atoms with Gasteiger partial charge in [0.25, 0.3) is 0 Å². The molecular weight excluding hydrogens is 234 g/mol. The standard InChI is InChI=1S/C17H29NO/c1-13(2)9-10-15(5)18-16-7-6-8-17(11-16)19-12-14(3)4/h6-8,11,13-15,18H,9-10,12H2,1-5H3. The van der Waals surface area contributed by atoms with E-state index in [0.717, 1.165) is 24.0 Å². The highest BCUT2D eigenvalue weighted by atomic mass is 16.5. The molecule has 1 aromatic carbocycles. The summed E-state index contributed by atoms with van der Waals surface area (Å²) < 4.78 is 5.75. The van der Waals surface area contributed by atoms with Gasteiger partial charge in [-0.3, -0.25) is 0 Å². The molecular formula is C17H29NO. The Morgan fingerprint density at radius 1 is 1.00 bits per heavy atom. The molecule has 1 aromatic rings. The predicted octanol–water partition coefficient (Wildman–Crippen LogP) is 4.96. The van der Waals surface area contributed by atoms with Gasteiger partial charge in [0.1, 0.15) is 5.75 Å². The van der Waals surface area contributed by atoms with Gasteiger partial charge in [0.15, 0.2) is 0 Å². The molecule has 19 heavy (non-hydrogen) atoms. The third kappa shape index (κ3) is 7.09. The average molecular weight is 263 g/mol. The number of anilines is 1. The number of ether oxygens (including phenoxy) is 1. The van der Waals surface area contributed by atoms with Gasteiger partial charge >= 0.3 is 0 Å². The second-order valence-corrected chi connectivity index (χ2v) is 6.25. The van der Waals surface area contributed by atoms with Gasteiger partial charge in [-0.25, -0.2) is 0 Å². The third-order valence-corrected chi connectivity index (χ3v) is 3.01. The fourth-order valence-electron chi connectivity index (χ4n) is 1.88. The number of benzene rings is 1. The van der Waals surface area contributed by atoms with Crippen molar-refractivity contribution in [3.05, 3.63) is 24.3 Å². The van der Waals surface area contributed by atoms with Crippen LogP contribution in [0.25, 0.3) is 0 Å². The second kappa shape index (κ2) is 8.08. The molecule has 0 heterocycles. The lowest BCUT2D eigenvalue weighted by Crippen LogP contribution is -2.15. The van der Waals surface area contributed by atoms with Crippen LogP contribution in [-0.4, -0.2) is 12.6 Å². The van der Waals surface area contributed by atoms with Gasteiger partial charge in [-0.1, -0.05) is 33.8 Å². The molecule has 0 radical (unpaired) electrons. The van der Waals surface area contributed by atoms with Gasteiger partial charge in [0.05, 0.1) is 6.61 Å². The van der Waals surface area contributed by atoms with Crippen LogP contribution < -0.4 is 10.1 Å². The maximum absolute atomic E-state index is 5.75. The molecule has 0 aromatic heterocycles. The summed E-state index contributed by atoms with van der Waals surface area (Å²) in [4.78, 5) is 0. The van der Waals surface area contributed by atoms with Crippen LogP contribution in [0.2, 0.25) is 0 Å². The van der Waals surface area contributed by atoms with Crippen molar-refractivity contribution in [1.82, 2.24) is 0 Å². The quantitative estimate of drug-likeness (QED) is 0.716. The Morgan fingerprint density at radius 2 is 1.74 bits per heavy atom. The largest absolute Gasteiger partial charge is 0.493 e. The molecule has 1 atom stereocenters. The molecule has 0 saturated heterocycles. The summed E-state index contributed by atoms with van der Waals surface area (Å²) in [5.74, 6) is 2.28. The fraction of sp³-hybridized carbons (Fsp3) is 0.647. The fourth-order valence-corrected chi connectivity index (χ4v) is 1.88. The van der Waals surface area contributed by atoms with E-state index in [0.29, 0.717) is 12.0 Å². The minimum Gasteiger partial charge on any atom is -0.493 e. The Morgan fingerprint density at radius 3 is 2.37 bits per heavy atom. The first-order chi connectivity index (χ1) is 8.97. The summed E-state index contributed by atoms with van der Waals surface area (Å²) in [5.41, 5.74) is 1.15. The van der Waals surface area contributed by atoms with Crippen LogP contribution in [-0.2, 0) is 0 Å². The molecule has 0 bridgehead atoms. The van der Waals surface area contributed by atoms with Crippen LogP contribution in [0.5, 0.6) is 5.75 Å². The maximum Gasteiger partial charge on any atom is 0.121 e. The van der Waals surface area contributed by atoms with Crippen molar-refractivity contribution in [2.75, 3.05) is 11.9 Å². The molecule has 0 fully saturated rings. The van der Waals surface area contributed by atoms with E-state index in [1.165, 1.54) is 12.8 Å². The molecule has 0 spiro atoms. The predicted molar refractivity (Wildman–Crippen MR) is 83.9 cm³/mol. The zero-order valence-electron chi connectivity index (χ0n) is 13.1. The highest BCUT2D eigenvalue weighted by Crippen LogP contribution is 2.20. The van der Waals surface area contributed by atoms with E-state index >= 15 is 0 Å². The van der Waals surface area contributed by atoms with Gasteiger partial charge < -0.3 is 10.1 Å². The van der Waals surface area contributed by atoms with Crippen LogP contribution in [0.1, 0.15) is 47.5 Å². The van der Waals surface area contributed by atoms with Gasteiger partial charge in [0.2, 0.25) is 0 Å². The summed E-state index contributed by atoms with van der Waals surface area (Å²) in [6, 6.07) is 8.77. The van der Waals surface area contributed by atoms with Gasteiger partial charge in [-0.05, 0) is 43.7 Å². The molecule has 0 saturated carbocycles. The lowest BCUT2D eigenvalue weighted by atomic mass is 10.0. The van der Waals surface area contributed by atoms with Crippen molar-refractivity contribution in [2.45, 2.75) is 53.5 Å². The van der Waals surface area contributed by atoms with E-state index < -0.39 is 0 Å². The van der Waals surface area contributed by atoms with Crippen molar-refractivity contribution < 1.29 is 4.74 Å². The van der Waals surface area contributed by atoms with E-state index in [2.05, 4.69) is 52.1 Å². The molecule has 0 aliphatic carbocycles. The highest BCUT2D eigenvalue weighted by molar-refractivity contribution is 5.48. The summed E-state index contributed by atoms with van der Waals surface area (Å²) in [7, 11) is 0. The third-order valence-electron chi connectivity index (χ3n) is 3.01. The molecule has 1 N–H and O–H groups in total. The van der Waals surface area contributed by atoms with Gasteiger partial charge in [-0.15, -0.1) is 0 Å². The Labute approximate surface area is 118 Å². The zero-order valence-corrected chi connectivity index (χ0v) is 13.1. The Bertz CT molecular complexity index is 360. The number of hydrogen-bond donors (Lipinski definition) is 1. The SMILES string of the molecule is CC(C)CCC(C)Nc1cccc(OCC(C)C)c1. The van der Waals surface area contributed by atoms with E-state index in [4.69, 9.17) is 4.74 Å². The molecule has 2 heteroatoms. The smallest absolute Gasteiger partial charge is 0.121 e. The average Bonchev–Trinajstić information content (AvgIpc) is 2.34. The van der Waals surface area contributed by atoms with Crippen LogP contribution >= 0.6 is 0 Å². The first-order valence-corrected chi connectivity index (χ1v) is 7.46. The van der Waals surface area contributed by atoms with E-state index in [1.54, 1.807) is 0 Å². The van der Waals surface area contributed by atoms with Crippen molar-refractivity contribution in [1.29, 1.82) is 0 Å². The topological polar surface area (TPSA) is 21.3 Å². The van der Waals surface area contributed by atoms with Crippen LogP contribution in [0.4, 0.5) is 5.69 Å².